The molecule has 2 fully saturated rings. The molecule has 114 valence electrons. The molecule has 1 saturated carbocycles. The Kier molecular flexibility index (Phi) is 3.89. The number of benzene rings is 1. The average Bonchev–Trinajstić information content (AvgIpc) is 2.96. The molecule has 0 aromatic heterocycles. The smallest absolute Gasteiger partial charge is 0.0376 e. The van der Waals surface area contributed by atoms with Gasteiger partial charge < -0.3 is 10.2 Å². The Morgan fingerprint density at radius 1 is 1.05 bits per heavy atom. The van der Waals surface area contributed by atoms with Gasteiger partial charge in [-0.2, -0.15) is 0 Å². The van der Waals surface area contributed by atoms with Crippen molar-refractivity contribution in [2.45, 2.75) is 44.4 Å². The number of nitrogens with zero attached hydrogens (tertiary/aromatic N) is 1. The number of piperidine rings is 1. The molecule has 4 rings (SSSR count). The molecule has 0 radical (unpaired) electrons. The van der Waals surface area contributed by atoms with Gasteiger partial charge in [-0.1, -0.05) is 37.5 Å². The molecule has 1 aromatic rings. The van der Waals surface area contributed by atoms with Gasteiger partial charge >= 0.3 is 0 Å². The summed E-state index contributed by atoms with van der Waals surface area (Å²) in [6, 6.07) is 8.87. The van der Waals surface area contributed by atoms with Gasteiger partial charge in [0.2, 0.25) is 0 Å². The van der Waals surface area contributed by atoms with Crippen LogP contribution in [0, 0.1) is 11.8 Å². The lowest BCUT2D eigenvalue weighted by atomic mass is 9.75. The van der Waals surface area contributed by atoms with E-state index in [-0.39, 0.29) is 0 Å². The molecule has 2 aliphatic heterocycles. The summed E-state index contributed by atoms with van der Waals surface area (Å²) < 4.78 is 0. The molecule has 1 N–H and O–H groups in total. The standard InChI is InChI=1S/C19H28N2/c1-2-6-17-14-21(11-9-15(17)5-1)12-10-16-13-20-19-8-4-3-7-18(16)19/h3-4,7-8,15-17,20H,1-2,5-6,9-14H2. The second-order valence-electron chi connectivity index (χ2n) is 7.35. The van der Waals surface area contributed by atoms with E-state index in [9.17, 15) is 0 Å². The van der Waals surface area contributed by atoms with E-state index in [4.69, 9.17) is 0 Å². The zero-order valence-electron chi connectivity index (χ0n) is 13.1. The number of hydrogen-bond acceptors (Lipinski definition) is 2. The summed E-state index contributed by atoms with van der Waals surface area (Å²) in [5, 5.41) is 3.56. The Labute approximate surface area is 128 Å². The van der Waals surface area contributed by atoms with Crippen molar-refractivity contribution in [2.24, 2.45) is 11.8 Å². The zero-order chi connectivity index (χ0) is 14.1. The summed E-state index contributed by atoms with van der Waals surface area (Å²) in [6.45, 7) is 5.17. The monoisotopic (exact) mass is 284 g/mol. The lowest BCUT2D eigenvalue weighted by Crippen LogP contribution is -2.42. The van der Waals surface area contributed by atoms with Crippen molar-refractivity contribution in [2.75, 3.05) is 31.5 Å². The predicted octanol–water partition coefficient (Wildman–Crippen LogP) is 4.10. The zero-order valence-corrected chi connectivity index (χ0v) is 13.1. The number of hydrogen-bond donors (Lipinski definition) is 1. The van der Waals surface area contributed by atoms with Crippen LogP contribution in [0.4, 0.5) is 5.69 Å². The maximum atomic E-state index is 3.56. The minimum atomic E-state index is 0.727. The van der Waals surface area contributed by atoms with E-state index in [0.717, 1.165) is 24.3 Å². The van der Waals surface area contributed by atoms with Crippen molar-refractivity contribution in [3.05, 3.63) is 29.8 Å². The van der Waals surface area contributed by atoms with Crippen molar-refractivity contribution in [1.29, 1.82) is 0 Å². The highest BCUT2D eigenvalue weighted by Crippen LogP contribution is 2.37. The summed E-state index contributed by atoms with van der Waals surface area (Å²) in [7, 11) is 0. The van der Waals surface area contributed by atoms with Gasteiger partial charge in [0.25, 0.3) is 0 Å². The molecule has 3 atom stereocenters. The van der Waals surface area contributed by atoms with E-state index < -0.39 is 0 Å². The van der Waals surface area contributed by atoms with Crippen molar-refractivity contribution >= 4 is 5.69 Å². The van der Waals surface area contributed by atoms with E-state index in [0.29, 0.717) is 0 Å². The van der Waals surface area contributed by atoms with Crippen LogP contribution in [0.15, 0.2) is 24.3 Å². The fourth-order valence-electron chi connectivity index (χ4n) is 4.83. The molecule has 21 heavy (non-hydrogen) atoms. The van der Waals surface area contributed by atoms with Crippen molar-refractivity contribution in [3.8, 4) is 0 Å². The predicted molar refractivity (Wildman–Crippen MR) is 88.8 cm³/mol. The fraction of sp³-hybridized carbons (Fsp3) is 0.684. The van der Waals surface area contributed by atoms with Crippen LogP contribution in [-0.4, -0.2) is 31.1 Å². The van der Waals surface area contributed by atoms with Crippen molar-refractivity contribution in [1.82, 2.24) is 4.90 Å². The molecule has 2 heteroatoms. The van der Waals surface area contributed by atoms with Crippen LogP contribution in [-0.2, 0) is 0 Å². The van der Waals surface area contributed by atoms with Crippen molar-refractivity contribution in [3.63, 3.8) is 0 Å². The van der Waals surface area contributed by atoms with Gasteiger partial charge in [-0.25, -0.2) is 0 Å². The number of nitrogens with one attached hydrogen (secondary N) is 1. The first-order chi connectivity index (χ1) is 10.4. The van der Waals surface area contributed by atoms with Gasteiger partial charge in [-0.05, 0) is 55.8 Å². The van der Waals surface area contributed by atoms with Gasteiger partial charge in [0.1, 0.15) is 0 Å². The highest BCUT2D eigenvalue weighted by atomic mass is 15.1. The highest BCUT2D eigenvalue weighted by molar-refractivity contribution is 5.57. The topological polar surface area (TPSA) is 15.3 Å². The van der Waals surface area contributed by atoms with E-state index in [1.54, 1.807) is 5.56 Å². The van der Waals surface area contributed by atoms with Crippen LogP contribution in [0.5, 0.6) is 0 Å². The number of likely N-dealkylation sites (tertiary alicyclic amines) is 1. The first kappa shape index (κ1) is 13.6. The molecule has 1 aromatic carbocycles. The Balaban J connectivity index is 1.32. The Hall–Kier alpha value is -1.02. The number of anilines is 1. The van der Waals surface area contributed by atoms with Crippen LogP contribution in [0.2, 0.25) is 0 Å². The second-order valence-corrected chi connectivity index (χ2v) is 7.35. The Morgan fingerprint density at radius 3 is 2.86 bits per heavy atom. The summed E-state index contributed by atoms with van der Waals surface area (Å²) in [6.07, 6.45) is 8.76. The highest BCUT2D eigenvalue weighted by Gasteiger charge is 2.31. The van der Waals surface area contributed by atoms with E-state index >= 15 is 0 Å². The van der Waals surface area contributed by atoms with Crippen LogP contribution in [0.3, 0.4) is 0 Å². The lowest BCUT2D eigenvalue weighted by molar-refractivity contribution is 0.0851. The minimum Gasteiger partial charge on any atom is -0.384 e. The molecule has 2 nitrogen and oxygen atoms in total. The summed E-state index contributed by atoms with van der Waals surface area (Å²) in [5.41, 5.74) is 2.92. The maximum Gasteiger partial charge on any atom is 0.0376 e. The van der Waals surface area contributed by atoms with E-state index in [1.807, 2.05) is 0 Å². The first-order valence-corrected chi connectivity index (χ1v) is 8.95. The fourth-order valence-corrected chi connectivity index (χ4v) is 4.83. The van der Waals surface area contributed by atoms with Gasteiger partial charge in [0.15, 0.2) is 0 Å². The quantitative estimate of drug-likeness (QED) is 0.899. The normalized spacial score (nSPS) is 32.3. The van der Waals surface area contributed by atoms with Gasteiger partial charge in [0.05, 0.1) is 0 Å². The molecular formula is C19H28N2. The number of para-hydroxylation sites is 1. The van der Waals surface area contributed by atoms with Gasteiger partial charge in [-0.3, -0.25) is 0 Å². The maximum absolute atomic E-state index is 3.56. The van der Waals surface area contributed by atoms with Gasteiger partial charge in [-0.15, -0.1) is 0 Å². The summed E-state index contributed by atoms with van der Waals surface area (Å²) in [4.78, 5) is 2.76. The Morgan fingerprint density at radius 2 is 1.90 bits per heavy atom. The number of fused-ring (bicyclic) bond motifs is 2. The molecule has 0 amide bonds. The molecule has 0 bridgehead atoms. The van der Waals surface area contributed by atoms with E-state index in [1.165, 1.54) is 63.8 Å². The van der Waals surface area contributed by atoms with Crippen LogP contribution in [0.1, 0.15) is 50.0 Å². The molecule has 2 heterocycles. The lowest BCUT2D eigenvalue weighted by Gasteiger charge is -2.41. The molecule has 3 aliphatic rings. The number of rotatable bonds is 3. The SMILES string of the molecule is c1ccc2c(c1)NCC2CCN1CCC2CCCCC2C1. The molecule has 1 saturated heterocycles. The third-order valence-corrected chi connectivity index (χ3v) is 6.11. The summed E-state index contributed by atoms with van der Waals surface area (Å²) in [5.74, 6) is 2.80. The van der Waals surface area contributed by atoms with E-state index in [2.05, 4.69) is 34.5 Å². The Bertz CT molecular complexity index is 484. The van der Waals surface area contributed by atoms with Crippen LogP contribution in [0.25, 0.3) is 0 Å². The average molecular weight is 284 g/mol. The molecular weight excluding hydrogens is 256 g/mol. The van der Waals surface area contributed by atoms with Gasteiger partial charge in [0, 0.05) is 24.7 Å². The van der Waals surface area contributed by atoms with Crippen LogP contribution >= 0.6 is 0 Å². The third-order valence-electron chi connectivity index (χ3n) is 6.11. The summed E-state index contributed by atoms with van der Waals surface area (Å²) >= 11 is 0. The second kappa shape index (κ2) is 6.00. The van der Waals surface area contributed by atoms with Crippen LogP contribution < -0.4 is 5.32 Å². The largest absolute Gasteiger partial charge is 0.384 e. The first-order valence-electron chi connectivity index (χ1n) is 8.95. The minimum absolute atomic E-state index is 0.727. The molecule has 3 unspecified atom stereocenters. The third kappa shape index (κ3) is 2.83. The molecule has 0 spiro atoms. The molecule has 1 aliphatic carbocycles. The van der Waals surface area contributed by atoms with Crippen molar-refractivity contribution < 1.29 is 0 Å².